The molecule has 1 heterocycles. The number of hydrogen-bond acceptors (Lipinski definition) is 1. The molecule has 0 spiro atoms. The van der Waals surface area contributed by atoms with Crippen molar-refractivity contribution in [2.24, 2.45) is 0 Å². The number of H-pyrrole nitrogens is 1. The molecular formula is C18H17NO. The van der Waals surface area contributed by atoms with E-state index >= 15 is 0 Å². The number of hydrogen-bond donors (Lipinski definition) is 1. The van der Waals surface area contributed by atoms with Crippen molar-refractivity contribution in [2.75, 3.05) is 7.11 Å². The van der Waals surface area contributed by atoms with E-state index in [1.54, 1.807) is 7.11 Å². The van der Waals surface area contributed by atoms with Crippen molar-refractivity contribution >= 4 is 10.9 Å². The van der Waals surface area contributed by atoms with Gasteiger partial charge in [-0.2, -0.15) is 0 Å². The molecule has 0 fully saturated rings. The molecule has 0 saturated carbocycles. The Morgan fingerprint density at radius 2 is 1.85 bits per heavy atom. The van der Waals surface area contributed by atoms with E-state index in [0.717, 1.165) is 5.75 Å². The summed E-state index contributed by atoms with van der Waals surface area (Å²) in [5.74, 6) is 0.908. The summed E-state index contributed by atoms with van der Waals surface area (Å²) in [6.07, 6.45) is 0. The SMILES string of the molecule is COc1ccc2[nH]c3c(c2c1)C(C)(C)c1ccccc1-3. The maximum absolute atomic E-state index is 5.38. The third-order valence-corrected chi connectivity index (χ3v) is 4.50. The molecule has 0 aliphatic heterocycles. The standard InChI is InChI=1S/C18H17NO/c1-18(2)14-7-5-4-6-12(14)17-16(18)13-10-11(20-3)8-9-15(13)19-17/h4-10,19H,1-3H3. The Kier molecular flexibility index (Phi) is 2.12. The van der Waals surface area contributed by atoms with Crippen molar-refractivity contribution in [1.29, 1.82) is 0 Å². The highest BCUT2D eigenvalue weighted by Gasteiger charge is 2.38. The first-order valence-corrected chi connectivity index (χ1v) is 6.93. The monoisotopic (exact) mass is 263 g/mol. The lowest BCUT2D eigenvalue weighted by molar-refractivity contribution is 0.415. The Labute approximate surface area is 118 Å². The molecule has 2 aromatic carbocycles. The lowest BCUT2D eigenvalue weighted by Crippen LogP contribution is -2.14. The molecule has 0 amide bonds. The van der Waals surface area contributed by atoms with Crippen LogP contribution in [0.15, 0.2) is 42.5 Å². The van der Waals surface area contributed by atoms with Gasteiger partial charge in [-0.1, -0.05) is 38.1 Å². The molecule has 3 aromatic rings. The molecular weight excluding hydrogens is 246 g/mol. The van der Waals surface area contributed by atoms with Crippen LogP contribution in [0.25, 0.3) is 22.2 Å². The van der Waals surface area contributed by atoms with Crippen LogP contribution in [0.2, 0.25) is 0 Å². The number of aromatic amines is 1. The van der Waals surface area contributed by atoms with Crippen molar-refractivity contribution in [3.63, 3.8) is 0 Å². The second kappa shape index (κ2) is 3.66. The van der Waals surface area contributed by atoms with E-state index in [0.29, 0.717) is 0 Å². The van der Waals surface area contributed by atoms with Gasteiger partial charge < -0.3 is 9.72 Å². The topological polar surface area (TPSA) is 25.0 Å². The zero-order chi connectivity index (χ0) is 13.9. The van der Waals surface area contributed by atoms with Gasteiger partial charge >= 0.3 is 0 Å². The molecule has 1 aromatic heterocycles. The van der Waals surface area contributed by atoms with Crippen molar-refractivity contribution in [2.45, 2.75) is 19.3 Å². The number of nitrogens with one attached hydrogen (secondary N) is 1. The van der Waals surface area contributed by atoms with E-state index < -0.39 is 0 Å². The Bertz CT molecular complexity index is 827. The Morgan fingerprint density at radius 1 is 1.05 bits per heavy atom. The molecule has 1 N–H and O–H groups in total. The van der Waals surface area contributed by atoms with E-state index in [4.69, 9.17) is 4.74 Å². The van der Waals surface area contributed by atoms with Crippen LogP contribution in [0.3, 0.4) is 0 Å². The molecule has 0 atom stereocenters. The van der Waals surface area contributed by atoms with Gasteiger partial charge in [0.25, 0.3) is 0 Å². The van der Waals surface area contributed by atoms with Crippen LogP contribution < -0.4 is 4.74 Å². The highest BCUT2D eigenvalue weighted by Crippen LogP contribution is 2.51. The second-order valence-electron chi connectivity index (χ2n) is 5.96. The zero-order valence-electron chi connectivity index (χ0n) is 11.9. The first-order chi connectivity index (χ1) is 9.63. The number of ether oxygens (including phenoxy) is 1. The van der Waals surface area contributed by atoms with Gasteiger partial charge in [-0.3, -0.25) is 0 Å². The molecule has 0 saturated heterocycles. The van der Waals surface area contributed by atoms with Crippen LogP contribution in [0, 0.1) is 0 Å². The van der Waals surface area contributed by atoms with Gasteiger partial charge in [-0.25, -0.2) is 0 Å². The van der Waals surface area contributed by atoms with Crippen LogP contribution in [0.1, 0.15) is 25.0 Å². The van der Waals surface area contributed by atoms with Gasteiger partial charge in [0.05, 0.1) is 12.8 Å². The van der Waals surface area contributed by atoms with Crippen LogP contribution in [-0.4, -0.2) is 12.1 Å². The Balaban J connectivity index is 2.12. The minimum absolute atomic E-state index is 0.0243. The second-order valence-corrected chi connectivity index (χ2v) is 5.96. The molecule has 20 heavy (non-hydrogen) atoms. The summed E-state index contributed by atoms with van der Waals surface area (Å²) in [5, 5.41) is 1.26. The zero-order valence-corrected chi connectivity index (χ0v) is 11.9. The summed E-state index contributed by atoms with van der Waals surface area (Å²) in [7, 11) is 1.72. The molecule has 0 unspecified atom stereocenters. The maximum atomic E-state index is 5.38. The third kappa shape index (κ3) is 1.29. The molecule has 1 aliphatic carbocycles. The lowest BCUT2D eigenvalue weighted by Gasteiger charge is -2.21. The van der Waals surface area contributed by atoms with Gasteiger partial charge in [0.1, 0.15) is 5.75 Å². The smallest absolute Gasteiger partial charge is 0.119 e. The largest absolute Gasteiger partial charge is 0.497 e. The van der Waals surface area contributed by atoms with Crippen molar-refractivity contribution in [3.05, 3.63) is 53.6 Å². The Morgan fingerprint density at radius 3 is 2.65 bits per heavy atom. The molecule has 100 valence electrons. The summed E-state index contributed by atoms with van der Waals surface area (Å²) < 4.78 is 5.38. The number of benzene rings is 2. The summed E-state index contributed by atoms with van der Waals surface area (Å²) >= 11 is 0. The summed E-state index contributed by atoms with van der Waals surface area (Å²) in [6, 6.07) is 14.9. The highest BCUT2D eigenvalue weighted by atomic mass is 16.5. The van der Waals surface area contributed by atoms with Crippen LogP contribution in [-0.2, 0) is 5.41 Å². The molecule has 2 nitrogen and oxygen atoms in total. The van der Waals surface area contributed by atoms with Crippen LogP contribution in [0.4, 0.5) is 0 Å². The molecule has 0 bridgehead atoms. The van der Waals surface area contributed by atoms with Crippen LogP contribution in [0.5, 0.6) is 5.75 Å². The van der Waals surface area contributed by atoms with Crippen molar-refractivity contribution in [1.82, 2.24) is 4.98 Å². The fourth-order valence-corrected chi connectivity index (χ4v) is 3.53. The molecule has 4 rings (SSSR count). The molecule has 0 radical (unpaired) electrons. The quantitative estimate of drug-likeness (QED) is 0.688. The van der Waals surface area contributed by atoms with E-state index in [1.165, 1.54) is 33.3 Å². The first-order valence-electron chi connectivity index (χ1n) is 6.93. The van der Waals surface area contributed by atoms with Gasteiger partial charge in [-0.15, -0.1) is 0 Å². The van der Waals surface area contributed by atoms with Crippen LogP contribution >= 0.6 is 0 Å². The summed E-state index contributed by atoms with van der Waals surface area (Å²) in [6.45, 7) is 4.59. The average Bonchev–Trinajstić information content (AvgIpc) is 2.94. The predicted molar refractivity (Wildman–Crippen MR) is 82.4 cm³/mol. The lowest BCUT2D eigenvalue weighted by atomic mass is 9.81. The number of rotatable bonds is 1. The minimum atomic E-state index is 0.0243. The average molecular weight is 263 g/mol. The third-order valence-electron chi connectivity index (χ3n) is 4.50. The minimum Gasteiger partial charge on any atom is -0.497 e. The van der Waals surface area contributed by atoms with Gasteiger partial charge in [-0.05, 0) is 29.3 Å². The van der Waals surface area contributed by atoms with Crippen molar-refractivity contribution in [3.8, 4) is 17.0 Å². The molecule has 1 aliphatic rings. The maximum Gasteiger partial charge on any atom is 0.119 e. The number of fused-ring (bicyclic) bond motifs is 5. The fourth-order valence-electron chi connectivity index (χ4n) is 3.53. The predicted octanol–water partition coefficient (Wildman–Crippen LogP) is 4.48. The van der Waals surface area contributed by atoms with Gasteiger partial charge in [0, 0.05) is 21.9 Å². The summed E-state index contributed by atoms with van der Waals surface area (Å²) in [4.78, 5) is 3.58. The summed E-state index contributed by atoms with van der Waals surface area (Å²) in [5.41, 5.74) is 6.56. The normalized spacial score (nSPS) is 15.2. The first kappa shape index (κ1) is 11.6. The fraction of sp³-hybridized carbons (Fsp3) is 0.222. The Hall–Kier alpha value is -2.22. The van der Waals surface area contributed by atoms with E-state index in [-0.39, 0.29) is 5.41 Å². The van der Waals surface area contributed by atoms with E-state index in [9.17, 15) is 0 Å². The van der Waals surface area contributed by atoms with Crippen molar-refractivity contribution < 1.29 is 4.74 Å². The number of methoxy groups -OCH3 is 1. The molecule has 2 heteroatoms. The van der Waals surface area contributed by atoms with Gasteiger partial charge in [0.15, 0.2) is 0 Å². The number of aromatic nitrogens is 1. The van der Waals surface area contributed by atoms with E-state index in [2.05, 4.69) is 55.2 Å². The van der Waals surface area contributed by atoms with Gasteiger partial charge in [0.2, 0.25) is 0 Å². The van der Waals surface area contributed by atoms with E-state index in [1.807, 2.05) is 6.07 Å². The highest BCUT2D eigenvalue weighted by molar-refractivity contribution is 5.97.